The molecule has 3 N–H and O–H groups in total. The van der Waals surface area contributed by atoms with Gasteiger partial charge in [-0.15, -0.1) is 0 Å². The first kappa shape index (κ1) is 62.1. The van der Waals surface area contributed by atoms with Crippen LogP contribution in [0.25, 0.3) is 0 Å². The van der Waals surface area contributed by atoms with Crippen LogP contribution in [0.15, 0.2) is 36.5 Å². The first-order chi connectivity index (χ1) is 31.5. The highest BCUT2D eigenvalue weighted by molar-refractivity contribution is 5.76. The highest BCUT2D eigenvalue weighted by Crippen LogP contribution is 2.16. The number of esters is 1. The van der Waals surface area contributed by atoms with Crippen molar-refractivity contribution in [3.05, 3.63) is 36.5 Å². The van der Waals surface area contributed by atoms with Crippen LogP contribution in [-0.2, 0) is 14.3 Å². The van der Waals surface area contributed by atoms with Crippen LogP contribution in [0.5, 0.6) is 0 Å². The fourth-order valence-corrected chi connectivity index (χ4v) is 8.55. The molecule has 0 bridgehead atoms. The van der Waals surface area contributed by atoms with Gasteiger partial charge in [0.1, 0.15) is 0 Å². The summed E-state index contributed by atoms with van der Waals surface area (Å²) in [5, 5.41) is 23.2. The molecule has 0 aromatic carbocycles. The minimum Gasteiger partial charge on any atom is -0.466 e. The molecule has 0 aromatic rings. The van der Waals surface area contributed by atoms with Crippen molar-refractivity contribution in [2.24, 2.45) is 0 Å². The van der Waals surface area contributed by atoms with E-state index in [0.717, 1.165) is 83.5 Å². The van der Waals surface area contributed by atoms with E-state index in [-0.39, 0.29) is 18.5 Å². The third-order valence-corrected chi connectivity index (χ3v) is 12.9. The summed E-state index contributed by atoms with van der Waals surface area (Å²) in [5.41, 5.74) is 0. The van der Waals surface area contributed by atoms with Crippen LogP contribution in [-0.4, -0.2) is 47.4 Å². The summed E-state index contributed by atoms with van der Waals surface area (Å²) in [6, 6.07) is -0.561. The molecule has 1 amide bonds. The van der Waals surface area contributed by atoms with Crippen molar-refractivity contribution in [1.29, 1.82) is 0 Å². The number of rotatable bonds is 52. The second-order valence-corrected chi connectivity index (χ2v) is 19.3. The number of allylic oxidation sites excluding steroid dienone is 6. The second kappa shape index (κ2) is 53.7. The minimum absolute atomic E-state index is 0.0265. The van der Waals surface area contributed by atoms with E-state index in [0.29, 0.717) is 25.9 Å². The standard InChI is InChI=1S/C58H109NO5/c1-3-5-7-9-11-13-15-17-19-21-22-23-25-27-32-36-40-44-48-52-58(63)64-53-49-45-41-37-33-29-28-31-35-39-43-47-51-57(62)59-55(54-60)56(61)50-46-42-38-34-30-26-24-20-18-16-14-12-10-8-6-4-2/h11,13,17,19,29,33,55-56,60-61H,3-10,12,14-16,18,20-28,30-32,34-54H2,1-2H3,(H,59,62)/b13-11-,19-17-,33-29-. The number of unbranched alkanes of at least 4 members (excludes halogenated alkanes) is 35. The molecule has 0 aliphatic rings. The first-order valence-corrected chi connectivity index (χ1v) is 28.2. The number of carbonyl (C=O) groups is 2. The zero-order valence-corrected chi connectivity index (χ0v) is 42.8. The fourth-order valence-electron chi connectivity index (χ4n) is 8.55. The maximum absolute atomic E-state index is 12.5. The summed E-state index contributed by atoms with van der Waals surface area (Å²) >= 11 is 0. The van der Waals surface area contributed by atoms with Gasteiger partial charge in [-0.1, -0.05) is 230 Å². The third-order valence-electron chi connectivity index (χ3n) is 12.9. The molecule has 0 rings (SSSR count). The van der Waals surface area contributed by atoms with Gasteiger partial charge in [0.2, 0.25) is 5.91 Å². The molecule has 376 valence electrons. The summed E-state index contributed by atoms with van der Waals surface area (Å²) in [4.78, 5) is 24.5. The summed E-state index contributed by atoms with van der Waals surface area (Å²) in [6.07, 6.45) is 65.5. The van der Waals surface area contributed by atoms with Crippen molar-refractivity contribution in [3.8, 4) is 0 Å². The molecule has 0 aliphatic heterocycles. The SMILES string of the molecule is CCCCC/C=C\C/C=C\CCCCCCCCCCCC(=O)OCCCCC/C=C\CCCCCCCC(=O)NC(CO)C(O)CCCCCCCCCCCCCCCCCC. The van der Waals surface area contributed by atoms with Gasteiger partial charge >= 0.3 is 5.97 Å². The maximum Gasteiger partial charge on any atom is 0.305 e. The van der Waals surface area contributed by atoms with Gasteiger partial charge in [0, 0.05) is 12.8 Å². The maximum atomic E-state index is 12.5. The number of aliphatic hydroxyl groups excluding tert-OH is 2. The molecular weight excluding hydrogens is 791 g/mol. The largest absolute Gasteiger partial charge is 0.466 e. The zero-order valence-electron chi connectivity index (χ0n) is 42.8. The van der Waals surface area contributed by atoms with Crippen molar-refractivity contribution >= 4 is 11.9 Å². The molecule has 2 unspecified atom stereocenters. The number of ether oxygens (including phenoxy) is 1. The molecule has 0 spiro atoms. The first-order valence-electron chi connectivity index (χ1n) is 28.2. The van der Waals surface area contributed by atoms with Gasteiger partial charge in [0.15, 0.2) is 0 Å². The number of hydrogen-bond donors (Lipinski definition) is 3. The number of amides is 1. The number of nitrogens with one attached hydrogen (secondary N) is 1. The summed E-state index contributed by atoms with van der Waals surface area (Å²) in [6.45, 7) is 4.87. The minimum atomic E-state index is -0.681. The molecule has 2 atom stereocenters. The normalized spacial score (nSPS) is 12.9. The average molecular weight is 901 g/mol. The predicted molar refractivity (Wildman–Crippen MR) is 278 cm³/mol. The average Bonchev–Trinajstić information content (AvgIpc) is 3.29. The van der Waals surface area contributed by atoms with Crippen molar-refractivity contribution in [2.45, 2.75) is 309 Å². The Morgan fingerprint density at radius 2 is 0.781 bits per heavy atom. The topological polar surface area (TPSA) is 95.9 Å². The number of aliphatic hydroxyl groups is 2. The van der Waals surface area contributed by atoms with Crippen LogP contribution in [0.4, 0.5) is 0 Å². The lowest BCUT2D eigenvalue weighted by atomic mass is 10.0. The Morgan fingerprint density at radius 3 is 1.23 bits per heavy atom. The lowest BCUT2D eigenvalue weighted by Gasteiger charge is -2.22. The van der Waals surface area contributed by atoms with E-state index in [4.69, 9.17) is 4.74 Å². The van der Waals surface area contributed by atoms with E-state index < -0.39 is 12.1 Å². The molecule has 0 fully saturated rings. The summed E-state index contributed by atoms with van der Waals surface area (Å²) in [5.74, 6) is -0.0867. The van der Waals surface area contributed by atoms with Crippen molar-refractivity contribution in [3.63, 3.8) is 0 Å². The van der Waals surface area contributed by atoms with Crippen LogP contribution >= 0.6 is 0 Å². The van der Waals surface area contributed by atoms with Gasteiger partial charge in [-0.05, 0) is 89.9 Å². The van der Waals surface area contributed by atoms with Crippen molar-refractivity contribution in [1.82, 2.24) is 5.32 Å². The molecule has 0 aliphatic carbocycles. The van der Waals surface area contributed by atoms with Gasteiger partial charge in [0.05, 0.1) is 25.4 Å². The van der Waals surface area contributed by atoms with E-state index in [1.54, 1.807) is 0 Å². The Balaban J connectivity index is 3.49. The quantitative estimate of drug-likeness (QED) is 0.0321. The zero-order chi connectivity index (χ0) is 46.5. The predicted octanol–water partition coefficient (Wildman–Crippen LogP) is 17.2. The van der Waals surface area contributed by atoms with E-state index >= 15 is 0 Å². The molecule has 6 heteroatoms. The van der Waals surface area contributed by atoms with Crippen LogP contribution in [0.3, 0.4) is 0 Å². The van der Waals surface area contributed by atoms with E-state index in [1.165, 1.54) is 180 Å². The van der Waals surface area contributed by atoms with Gasteiger partial charge in [0.25, 0.3) is 0 Å². The van der Waals surface area contributed by atoms with Crippen LogP contribution in [0, 0.1) is 0 Å². The lowest BCUT2D eigenvalue weighted by Crippen LogP contribution is -2.45. The highest BCUT2D eigenvalue weighted by Gasteiger charge is 2.20. The lowest BCUT2D eigenvalue weighted by molar-refractivity contribution is -0.143. The van der Waals surface area contributed by atoms with Crippen LogP contribution in [0.1, 0.15) is 296 Å². The second-order valence-electron chi connectivity index (χ2n) is 19.3. The van der Waals surface area contributed by atoms with Crippen LogP contribution < -0.4 is 5.32 Å². The molecule has 0 aromatic heterocycles. The van der Waals surface area contributed by atoms with Gasteiger partial charge in [-0.3, -0.25) is 9.59 Å². The molecule has 0 saturated carbocycles. The van der Waals surface area contributed by atoms with E-state index in [2.05, 4.69) is 55.6 Å². The Hall–Kier alpha value is -1.92. The highest BCUT2D eigenvalue weighted by atomic mass is 16.5. The van der Waals surface area contributed by atoms with Gasteiger partial charge in [-0.2, -0.15) is 0 Å². The molecule has 0 saturated heterocycles. The Labute approximate surface area is 398 Å². The fraction of sp³-hybridized carbons (Fsp3) is 0.862. The monoisotopic (exact) mass is 900 g/mol. The van der Waals surface area contributed by atoms with Crippen molar-refractivity contribution in [2.75, 3.05) is 13.2 Å². The van der Waals surface area contributed by atoms with Gasteiger partial charge in [-0.25, -0.2) is 0 Å². The van der Waals surface area contributed by atoms with Gasteiger partial charge < -0.3 is 20.3 Å². The smallest absolute Gasteiger partial charge is 0.305 e. The molecule has 64 heavy (non-hydrogen) atoms. The van der Waals surface area contributed by atoms with Crippen molar-refractivity contribution < 1.29 is 24.5 Å². The Morgan fingerprint density at radius 1 is 0.438 bits per heavy atom. The molecule has 6 nitrogen and oxygen atoms in total. The molecular formula is C58H109NO5. The number of carbonyl (C=O) groups excluding carboxylic acids is 2. The van der Waals surface area contributed by atoms with Crippen LogP contribution in [0.2, 0.25) is 0 Å². The third kappa shape index (κ3) is 49.5. The molecule has 0 radical (unpaired) electrons. The Bertz CT molecular complexity index is 1040. The summed E-state index contributed by atoms with van der Waals surface area (Å²) in [7, 11) is 0. The van der Waals surface area contributed by atoms with E-state index in [1.807, 2.05) is 0 Å². The summed E-state index contributed by atoms with van der Waals surface area (Å²) < 4.78 is 5.46. The molecule has 0 heterocycles. The Kier molecular flexibility index (Phi) is 52.1. The number of hydrogen-bond acceptors (Lipinski definition) is 5. The van der Waals surface area contributed by atoms with E-state index in [9.17, 15) is 19.8 Å².